The number of carbonyl (C=O) groups excluding carboxylic acids is 5. The second-order valence-corrected chi connectivity index (χ2v) is 13.8. The minimum atomic E-state index is -0.715. The van der Waals surface area contributed by atoms with Gasteiger partial charge in [-0.3, -0.25) is 24.0 Å². The summed E-state index contributed by atoms with van der Waals surface area (Å²) in [6.45, 7) is 15.2. The van der Waals surface area contributed by atoms with E-state index in [9.17, 15) is 24.0 Å². The van der Waals surface area contributed by atoms with Gasteiger partial charge in [0, 0.05) is 68.5 Å². The lowest BCUT2D eigenvalue weighted by Crippen LogP contribution is -2.49. The van der Waals surface area contributed by atoms with E-state index in [1.54, 1.807) is 28.5 Å². The molecule has 0 aliphatic carbocycles. The van der Waals surface area contributed by atoms with Gasteiger partial charge in [0.15, 0.2) is 0 Å². The van der Waals surface area contributed by atoms with Crippen LogP contribution in [0.2, 0.25) is 0 Å². The number of nitrogens with one attached hydrogen (secondary N) is 5. The van der Waals surface area contributed by atoms with Crippen molar-refractivity contribution in [3.63, 3.8) is 0 Å². The largest absolute Gasteiger partial charge is 0.356 e. The molecule has 0 saturated heterocycles. The summed E-state index contributed by atoms with van der Waals surface area (Å²) in [7, 11) is 4.87. The van der Waals surface area contributed by atoms with Crippen molar-refractivity contribution >= 4 is 51.1 Å². The van der Waals surface area contributed by atoms with E-state index in [-0.39, 0.29) is 53.8 Å². The lowest BCUT2D eigenvalue weighted by atomic mass is 10.1. The molecule has 39 heavy (non-hydrogen) atoms. The second kappa shape index (κ2) is 20.0. The van der Waals surface area contributed by atoms with Crippen LogP contribution in [0.25, 0.3) is 0 Å². The molecule has 0 aromatic heterocycles. The van der Waals surface area contributed by atoms with Gasteiger partial charge in [-0.25, -0.2) is 0 Å². The monoisotopic (exact) mass is 590 g/mol. The first-order chi connectivity index (χ1) is 18.1. The van der Waals surface area contributed by atoms with Gasteiger partial charge in [0.05, 0.1) is 6.54 Å². The van der Waals surface area contributed by atoms with Crippen LogP contribution >= 0.6 is 21.6 Å². The molecule has 0 saturated carbocycles. The molecule has 0 rings (SSSR count). The molecule has 0 bridgehead atoms. The van der Waals surface area contributed by atoms with E-state index in [4.69, 9.17) is 0 Å². The molecule has 0 fully saturated rings. The molecule has 0 aromatic carbocycles. The van der Waals surface area contributed by atoms with Crippen molar-refractivity contribution in [2.75, 3.05) is 45.5 Å². The molecule has 5 N–H and O–H groups in total. The van der Waals surface area contributed by atoms with Gasteiger partial charge in [-0.05, 0) is 27.2 Å². The Balaban J connectivity index is 4.04. The summed E-state index contributed by atoms with van der Waals surface area (Å²) >= 11 is 0. The first kappa shape index (κ1) is 37.0. The van der Waals surface area contributed by atoms with Crippen molar-refractivity contribution in [1.29, 1.82) is 0 Å². The summed E-state index contributed by atoms with van der Waals surface area (Å²) < 4.78 is -0.115. The van der Waals surface area contributed by atoms with Crippen LogP contribution in [0.4, 0.5) is 0 Å². The van der Waals surface area contributed by atoms with Crippen molar-refractivity contribution in [1.82, 2.24) is 31.5 Å². The normalized spacial score (nSPS) is 12.2. The molecular weight excluding hydrogens is 540 g/mol. The van der Waals surface area contributed by atoms with Crippen LogP contribution in [-0.2, 0) is 24.0 Å². The van der Waals surface area contributed by atoms with Crippen LogP contribution in [0.1, 0.15) is 67.7 Å². The van der Waals surface area contributed by atoms with Crippen LogP contribution in [0.5, 0.6) is 0 Å². The number of likely N-dealkylation sites (N-methyl/N-ethyl adjacent to an activating group) is 1. The van der Waals surface area contributed by atoms with Gasteiger partial charge in [0.25, 0.3) is 0 Å². The van der Waals surface area contributed by atoms with Crippen LogP contribution in [0.3, 0.4) is 0 Å². The Kier molecular flexibility index (Phi) is 19.0. The van der Waals surface area contributed by atoms with E-state index in [1.165, 1.54) is 11.9 Å². The average molecular weight is 591 g/mol. The maximum Gasteiger partial charge on any atom is 0.242 e. The molecule has 1 atom stereocenters. The zero-order valence-electron chi connectivity index (χ0n) is 24.9. The van der Waals surface area contributed by atoms with Gasteiger partial charge < -0.3 is 31.5 Å². The van der Waals surface area contributed by atoms with E-state index < -0.39 is 11.9 Å². The maximum absolute atomic E-state index is 12.3. The van der Waals surface area contributed by atoms with Gasteiger partial charge in [0.1, 0.15) is 6.04 Å². The molecule has 13 heteroatoms. The first-order valence-electron chi connectivity index (χ1n) is 13.5. The highest BCUT2D eigenvalue weighted by Gasteiger charge is 2.21. The van der Waals surface area contributed by atoms with Gasteiger partial charge in [-0.1, -0.05) is 49.3 Å². The van der Waals surface area contributed by atoms with Gasteiger partial charge in [0.2, 0.25) is 29.5 Å². The van der Waals surface area contributed by atoms with Gasteiger partial charge in [-0.15, -0.1) is 0 Å². The number of hydrogen-bond acceptors (Lipinski definition) is 8. The Morgan fingerprint density at radius 3 is 2.10 bits per heavy atom. The third-order valence-electron chi connectivity index (χ3n) is 5.34. The highest BCUT2D eigenvalue weighted by molar-refractivity contribution is 8.77. The fourth-order valence-electron chi connectivity index (χ4n) is 2.97. The molecule has 0 aliphatic rings. The summed E-state index contributed by atoms with van der Waals surface area (Å²) in [6.07, 6.45) is 1.14. The predicted octanol–water partition coefficient (Wildman–Crippen LogP) is 1.28. The zero-order chi connectivity index (χ0) is 30.0. The topological polar surface area (TPSA) is 149 Å². The molecule has 0 aromatic rings. The molecule has 0 aliphatic heterocycles. The van der Waals surface area contributed by atoms with Crippen LogP contribution in [0.15, 0.2) is 0 Å². The van der Waals surface area contributed by atoms with Crippen LogP contribution in [-0.4, -0.2) is 96.8 Å². The maximum atomic E-state index is 12.3. The van der Waals surface area contributed by atoms with Crippen LogP contribution in [0, 0.1) is 5.92 Å². The van der Waals surface area contributed by atoms with Crippen molar-refractivity contribution in [2.45, 2.75) is 84.6 Å². The summed E-state index contributed by atoms with van der Waals surface area (Å²) in [5, 5.41) is 14.2. The zero-order valence-corrected chi connectivity index (χ0v) is 26.5. The molecule has 0 heterocycles. The Morgan fingerprint density at radius 1 is 0.821 bits per heavy atom. The second-order valence-electron chi connectivity index (χ2n) is 10.7. The highest BCUT2D eigenvalue weighted by atomic mass is 33.1. The molecule has 0 spiro atoms. The quantitative estimate of drug-likeness (QED) is 0.105. The standard InChI is InChI=1S/C26H50N6O5S2/c1-18(2)24(36)30-17-26(6,7)39-38-15-9-10-21(33)28-12-11-23(35)32(8)16-22(34)31-20(5)25(37)29-14-13-27-19(3)4/h18-20,27H,9-17H2,1-8H3,(H,28,33)(H,29,37)(H,30,36)(H,31,34)/t20-/m0/s1. The molecule has 0 unspecified atom stereocenters. The molecule has 5 amide bonds. The van der Waals surface area contributed by atoms with E-state index in [2.05, 4.69) is 40.4 Å². The minimum Gasteiger partial charge on any atom is -0.356 e. The fourth-order valence-corrected chi connectivity index (χ4v) is 5.50. The minimum absolute atomic E-state index is 0.0389. The predicted molar refractivity (Wildman–Crippen MR) is 160 cm³/mol. The highest BCUT2D eigenvalue weighted by Crippen LogP contribution is 2.35. The molecule has 226 valence electrons. The third-order valence-corrected chi connectivity index (χ3v) is 8.72. The van der Waals surface area contributed by atoms with Crippen molar-refractivity contribution in [3.05, 3.63) is 0 Å². The van der Waals surface area contributed by atoms with Crippen LogP contribution < -0.4 is 26.6 Å². The summed E-state index contributed by atoms with van der Waals surface area (Å²) in [4.78, 5) is 61.7. The van der Waals surface area contributed by atoms with Crippen molar-refractivity contribution < 1.29 is 24.0 Å². The summed E-state index contributed by atoms with van der Waals surface area (Å²) in [5.74, 6) is -0.329. The van der Waals surface area contributed by atoms with E-state index in [0.717, 1.165) is 5.75 Å². The van der Waals surface area contributed by atoms with E-state index >= 15 is 0 Å². The average Bonchev–Trinajstić information content (AvgIpc) is 2.84. The van der Waals surface area contributed by atoms with Gasteiger partial charge >= 0.3 is 0 Å². The molecule has 0 radical (unpaired) electrons. The number of nitrogens with zero attached hydrogens (tertiary/aromatic N) is 1. The Hall–Kier alpha value is -1.99. The number of rotatable bonds is 20. The first-order valence-corrected chi connectivity index (χ1v) is 15.9. The molecule has 11 nitrogen and oxygen atoms in total. The Bertz CT molecular complexity index is 795. The fraction of sp³-hybridized carbons (Fsp3) is 0.808. The number of carbonyl (C=O) groups is 5. The van der Waals surface area contributed by atoms with Crippen molar-refractivity contribution in [2.24, 2.45) is 5.92 Å². The Labute approximate surface area is 242 Å². The van der Waals surface area contributed by atoms with Crippen molar-refractivity contribution in [3.8, 4) is 0 Å². The SMILES string of the molecule is CC(C)NCCNC(=O)[C@H](C)NC(=O)CN(C)C(=O)CCNC(=O)CCCSSC(C)(C)CNC(=O)C(C)C. The van der Waals surface area contributed by atoms with Gasteiger partial charge in [-0.2, -0.15) is 0 Å². The summed E-state index contributed by atoms with van der Waals surface area (Å²) in [5.41, 5.74) is 0. The third kappa shape index (κ3) is 19.7. The van der Waals surface area contributed by atoms with E-state index in [1.807, 2.05) is 27.7 Å². The summed E-state index contributed by atoms with van der Waals surface area (Å²) in [6, 6.07) is -0.392. The Morgan fingerprint density at radius 2 is 1.49 bits per heavy atom. The molecular formula is C26H50N6O5S2. The number of hydrogen-bond donors (Lipinski definition) is 5. The number of amides is 5. The lowest BCUT2D eigenvalue weighted by Gasteiger charge is -2.24. The smallest absolute Gasteiger partial charge is 0.242 e. The van der Waals surface area contributed by atoms with E-state index in [0.29, 0.717) is 38.5 Å². The lowest BCUT2D eigenvalue weighted by molar-refractivity contribution is -0.135.